The van der Waals surface area contributed by atoms with E-state index in [1.807, 2.05) is 6.07 Å². The molecule has 108 valence electrons. The van der Waals surface area contributed by atoms with Gasteiger partial charge in [-0.2, -0.15) is 0 Å². The van der Waals surface area contributed by atoms with Crippen LogP contribution in [-0.4, -0.2) is 36.2 Å². The Morgan fingerprint density at radius 1 is 1.33 bits per heavy atom. The minimum absolute atomic E-state index is 0.215. The molecule has 1 amide bonds. The van der Waals surface area contributed by atoms with Crippen LogP contribution in [0.4, 0.5) is 5.82 Å². The third-order valence-electron chi connectivity index (χ3n) is 3.48. The van der Waals surface area contributed by atoms with Gasteiger partial charge in [0.1, 0.15) is 0 Å². The van der Waals surface area contributed by atoms with Gasteiger partial charge >= 0.3 is 0 Å². The van der Waals surface area contributed by atoms with E-state index in [9.17, 15) is 4.79 Å². The van der Waals surface area contributed by atoms with Gasteiger partial charge in [-0.15, -0.1) is 21.5 Å². The molecule has 2 aromatic heterocycles. The number of carbonyl (C=O) groups excluding carboxylic acids is 1. The highest BCUT2D eigenvalue weighted by atomic mass is 32.1. The number of aromatic nitrogens is 2. The lowest BCUT2D eigenvalue weighted by Crippen LogP contribution is -2.29. The molecule has 0 unspecified atom stereocenters. The van der Waals surface area contributed by atoms with Crippen LogP contribution in [0, 0.1) is 0 Å². The van der Waals surface area contributed by atoms with E-state index in [1.54, 1.807) is 24.5 Å². The predicted octanol–water partition coefficient (Wildman–Crippen LogP) is 2.19. The van der Waals surface area contributed by atoms with Crippen molar-refractivity contribution in [1.29, 1.82) is 0 Å². The predicted molar refractivity (Wildman–Crippen MR) is 84.5 cm³/mol. The van der Waals surface area contributed by atoms with Crippen molar-refractivity contribution < 1.29 is 4.79 Å². The van der Waals surface area contributed by atoms with Gasteiger partial charge in [0.05, 0.1) is 0 Å². The van der Waals surface area contributed by atoms with Crippen LogP contribution in [-0.2, 0) is 0 Å². The molecule has 0 saturated carbocycles. The zero-order valence-corrected chi connectivity index (χ0v) is 12.6. The van der Waals surface area contributed by atoms with E-state index in [4.69, 9.17) is 0 Å². The van der Waals surface area contributed by atoms with Crippen LogP contribution in [0.3, 0.4) is 0 Å². The molecule has 3 heterocycles. The second-order valence-corrected chi connectivity index (χ2v) is 5.71. The molecule has 1 aliphatic rings. The molecule has 0 aromatic carbocycles. The lowest BCUT2D eigenvalue weighted by molar-refractivity contribution is 0.0957. The summed E-state index contributed by atoms with van der Waals surface area (Å²) >= 11 is 1.77. The van der Waals surface area contributed by atoms with E-state index in [1.165, 1.54) is 10.5 Å². The van der Waals surface area contributed by atoms with Crippen LogP contribution in [0.15, 0.2) is 35.7 Å². The largest absolute Gasteiger partial charge is 0.354 e. The van der Waals surface area contributed by atoms with Gasteiger partial charge in [0.2, 0.25) is 0 Å². The summed E-state index contributed by atoms with van der Waals surface area (Å²) in [7, 11) is 1.58. The van der Waals surface area contributed by atoms with Gasteiger partial charge in [-0.25, -0.2) is 0 Å². The highest BCUT2D eigenvalue weighted by molar-refractivity contribution is 7.11. The molecule has 0 fully saturated rings. The Morgan fingerprint density at radius 3 is 2.81 bits per heavy atom. The zero-order chi connectivity index (χ0) is 14.7. The van der Waals surface area contributed by atoms with Crippen molar-refractivity contribution in [2.45, 2.75) is 6.42 Å². The molecule has 3 rings (SSSR count). The summed E-state index contributed by atoms with van der Waals surface area (Å²) in [5.41, 5.74) is 1.74. The molecule has 0 bridgehead atoms. The van der Waals surface area contributed by atoms with E-state index < -0.39 is 0 Å². The molecule has 1 N–H and O–H groups in total. The van der Waals surface area contributed by atoms with Gasteiger partial charge in [-0.1, -0.05) is 12.1 Å². The number of carbonyl (C=O) groups is 1. The average molecular weight is 300 g/mol. The van der Waals surface area contributed by atoms with E-state index in [0.29, 0.717) is 5.69 Å². The molecule has 0 aliphatic carbocycles. The van der Waals surface area contributed by atoms with Gasteiger partial charge in [0.25, 0.3) is 5.91 Å². The fourth-order valence-electron chi connectivity index (χ4n) is 2.31. The second kappa shape index (κ2) is 6.05. The molecule has 0 radical (unpaired) electrons. The Balaban J connectivity index is 1.70. The van der Waals surface area contributed by atoms with Crippen molar-refractivity contribution >= 4 is 28.6 Å². The van der Waals surface area contributed by atoms with E-state index in [0.717, 1.165) is 25.3 Å². The summed E-state index contributed by atoms with van der Waals surface area (Å²) in [5, 5.41) is 12.8. The van der Waals surface area contributed by atoms with E-state index in [-0.39, 0.29) is 5.91 Å². The van der Waals surface area contributed by atoms with Crippen molar-refractivity contribution in [3.05, 3.63) is 46.3 Å². The standard InChI is InChI=1S/C15H16N4OS/c1-16-15(20)12-4-5-14(18-17-12)19-8-6-11(7-9-19)13-3-2-10-21-13/h2-6,10H,7-9H2,1H3,(H,16,20). The highest BCUT2D eigenvalue weighted by Gasteiger charge is 2.16. The number of rotatable bonds is 3. The second-order valence-electron chi connectivity index (χ2n) is 4.76. The third kappa shape index (κ3) is 2.95. The molecule has 0 atom stereocenters. The summed E-state index contributed by atoms with van der Waals surface area (Å²) in [4.78, 5) is 14.9. The van der Waals surface area contributed by atoms with Crippen LogP contribution >= 0.6 is 11.3 Å². The topological polar surface area (TPSA) is 58.1 Å². The summed E-state index contributed by atoms with van der Waals surface area (Å²) < 4.78 is 0. The van der Waals surface area contributed by atoms with Crippen molar-refractivity contribution in [3.63, 3.8) is 0 Å². The molecular formula is C15H16N4OS. The summed E-state index contributed by atoms with van der Waals surface area (Å²) in [6.45, 7) is 1.74. The fraction of sp³-hybridized carbons (Fsp3) is 0.267. The maximum absolute atomic E-state index is 11.4. The minimum atomic E-state index is -0.215. The van der Waals surface area contributed by atoms with Crippen molar-refractivity contribution in [3.8, 4) is 0 Å². The monoisotopic (exact) mass is 300 g/mol. The Morgan fingerprint density at radius 2 is 2.24 bits per heavy atom. The van der Waals surface area contributed by atoms with Gasteiger partial charge in [0, 0.05) is 25.0 Å². The van der Waals surface area contributed by atoms with Crippen LogP contribution in [0.2, 0.25) is 0 Å². The quantitative estimate of drug-likeness (QED) is 0.944. The number of hydrogen-bond donors (Lipinski definition) is 1. The average Bonchev–Trinajstić information content (AvgIpc) is 3.09. The number of hydrogen-bond acceptors (Lipinski definition) is 5. The lowest BCUT2D eigenvalue weighted by atomic mass is 10.1. The molecule has 6 heteroatoms. The minimum Gasteiger partial charge on any atom is -0.354 e. The maximum atomic E-state index is 11.4. The Kier molecular flexibility index (Phi) is 3.96. The fourth-order valence-corrected chi connectivity index (χ4v) is 3.10. The zero-order valence-electron chi connectivity index (χ0n) is 11.7. The lowest BCUT2D eigenvalue weighted by Gasteiger charge is -2.26. The first-order valence-corrected chi connectivity index (χ1v) is 7.69. The molecule has 0 spiro atoms. The number of nitrogens with one attached hydrogen (secondary N) is 1. The number of nitrogens with zero attached hydrogens (tertiary/aromatic N) is 3. The van der Waals surface area contributed by atoms with Gasteiger partial charge in [0.15, 0.2) is 11.5 Å². The van der Waals surface area contributed by atoms with Gasteiger partial charge in [-0.05, 0) is 35.6 Å². The van der Waals surface area contributed by atoms with Crippen LogP contribution in [0.5, 0.6) is 0 Å². The number of amides is 1. The van der Waals surface area contributed by atoms with E-state index >= 15 is 0 Å². The Hall–Kier alpha value is -2.21. The molecule has 2 aromatic rings. The number of thiophene rings is 1. The molecule has 21 heavy (non-hydrogen) atoms. The van der Waals surface area contributed by atoms with Crippen LogP contribution in [0.25, 0.3) is 5.57 Å². The summed E-state index contributed by atoms with van der Waals surface area (Å²) in [5.74, 6) is 0.594. The summed E-state index contributed by atoms with van der Waals surface area (Å²) in [6, 6.07) is 7.79. The van der Waals surface area contributed by atoms with Crippen molar-refractivity contribution in [1.82, 2.24) is 15.5 Å². The first-order chi connectivity index (χ1) is 10.3. The first-order valence-electron chi connectivity index (χ1n) is 6.81. The summed E-state index contributed by atoms with van der Waals surface area (Å²) in [6.07, 6.45) is 3.24. The SMILES string of the molecule is CNC(=O)c1ccc(N2CC=C(c3cccs3)CC2)nn1. The van der Waals surface area contributed by atoms with Gasteiger partial charge in [-0.3, -0.25) is 4.79 Å². The van der Waals surface area contributed by atoms with Crippen LogP contribution < -0.4 is 10.2 Å². The molecule has 0 saturated heterocycles. The Labute approximate surface area is 127 Å². The van der Waals surface area contributed by atoms with Crippen molar-refractivity contribution in [2.75, 3.05) is 25.0 Å². The molecule has 5 nitrogen and oxygen atoms in total. The van der Waals surface area contributed by atoms with Crippen LogP contribution in [0.1, 0.15) is 21.8 Å². The third-order valence-corrected chi connectivity index (χ3v) is 4.43. The molecule has 1 aliphatic heterocycles. The Bertz CT molecular complexity index is 649. The normalized spacial score (nSPS) is 14.7. The van der Waals surface area contributed by atoms with Crippen molar-refractivity contribution in [2.24, 2.45) is 0 Å². The smallest absolute Gasteiger partial charge is 0.271 e. The maximum Gasteiger partial charge on any atom is 0.271 e. The van der Waals surface area contributed by atoms with E-state index in [2.05, 4.69) is 44.0 Å². The highest BCUT2D eigenvalue weighted by Crippen LogP contribution is 2.27. The molecular weight excluding hydrogens is 284 g/mol. The van der Waals surface area contributed by atoms with Gasteiger partial charge < -0.3 is 10.2 Å². The first kappa shape index (κ1) is 13.8. The number of anilines is 1.